The summed E-state index contributed by atoms with van der Waals surface area (Å²) in [5, 5.41) is 2.88. The zero-order chi connectivity index (χ0) is 20.9. The molecular weight excluding hydrogens is 373 g/mol. The number of benzene rings is 2. The van der Waals surface area contributed by atoms with Crippen molar-refractivity contribution in [2.24, 2.45) is 0 Å². The number of amides is 1. The maximum absolute atomic E-state index is 14.5. The summed E-state index contributed by atoms with van der Waals surface area (Å²) in [5.41, 5.74) is 0.201. The summed E-state index contributed by atoms with van der Waals surface area (Å²) >= 11 is 0. The molecule has 5 nitrogen and oxygen atoms in total. The van der Waals surface area contributed by atoms with E-state index < -0.39 is 11.4 Å². The van der Waals surface area contributed by atoms with E-state index in [1.807, 2.05) is 6.92 Å². The number of rotatable bonds is 7. The molecule has 1 aliphatic rings. The number of hydrogen-bond donors (Lipinski definition) is 1. The number of anilines is 1. The molecular formula is C23H26FNO4. The van der Waals surface area contributed by atoms with Gasteiger partial charge in [0.05, 0.1) is 19.1 Å². The van der Waals surface area contributed by atoms with E-state index in [-0.39, 0.29) is 17.3 Å². The fourth-order valence-corrected chi connectivity index (χ4v) is 3.91. The molecule has 0 aliphatic heterocycles. The van der Waals surface area contributed by atoms with Gasteiger partial charge in [0.2, 0.25) is 5.91 Å². The first-order chi connectivity index (χ1) is 14.0. The fourth-order valence-electron chi connectivity index (χ4n) is 3.91. The monoisotopic (exact) mass is 399 g/mol. The van der Waals surface area contributed by atoms with Crippen molar-refractivity contribution in [3.63, 3.8) is 0 Å². The first-order valence-corrected chi connectivity index (χ1v) is 9.93. The van der Waals surface area contributed by atoms with E-state index in [4.69, 9.17) is 9.47 Å². The van der Waals surface area contributed by atoms with Crippen LogP contribution in [-0.2, 0) is 14.9 Å². The predicted octanol–water partition coefficient (Wildman–Crippen LogP) is 4.85. The second-order valence-electron chi connectivity index (χ2n) is 7.27. The Morgan fingerprint density at radius 1 is 1.14 bits per heavy atom. The van der Waals surface area contributed by atoms with E-state index in [0.717, 1.165) is 19.3 Å². The van der Waals surface area contributed by atoms with Gasteiger partial charge in [-0.15, -0.1) is 0 Å². The van der Waals surface area contributed by atoms with E-state index in [9.17, 15) is 14.0 Å². The number of methoxy groups -OCH3 is 1. The number of halogens is 1. The highest BCUT2D eigenvalue weighted by Crippen LogP contribution is 2.43. The van der Waals surface area contributed by atoms with Crippen LogP contribution in [0.15, 0.2) is 42.5 Å². The Kier molecular flexibility index (Phi) is 6.52. The van der Waals surface area contributed by atoms with Gasteiger partial charge in [-0.1, -0.05) is 38.0 Å². The van der Waals surface area contributed by atoms with Crippen molar-refractivity contribution in [1.29, 1.82) is 0 Å². The minimum atomic E-state index is -0.909. The molecule has 154 valence electrons. The topological polar surface area (TPSA) is 64.6 Å². The third-order valence-corrected chi connectivity index (χ3v) is 5.39. The summed E-state index contributed by atoms with van der Waals surface area (Å²) in [4.78, 5) is 25.4. The maximum Gasteiger partial charge on any atom is 0.341 e. The van der Waals surface area contributed by atoms with Gasteiger partial charge in [0.25, 0.3) is 0 Å². The van der Waals surface area contributed by atoms with Crippen molar-refractivity contribution in [2.45, 2.75) is 44.4 Å². The van der Waals surface area contributed by atoms with Gasteiger partial charge in [-0.3, -0.25) is 4.79 Å². The van der Waals surface area contributed by atoms with E-state index in [1.165, 1.54) is 13.2 Å². The number of hydrogen-bond acceptors (Lipinski definition) is 4. The van der Waals surface area contributed by atoms with Gasteiger partial charge in [0, 0.05) is 11.3 Å². The Morgan fingerprint density at radius 3 is 2.52 bits per heavy atom. The summed E-state index contributed by atoms with van der Waals surface area (Å²) in [6, 6.07) is 11.3. The van der Waals surface area contributed by atoms with Gasteiger partial charge in [-0.05, 0) is 43.5 Å². The normalized spacial score (nSPS) is 15.0. The summed E-state index contributed by atoms with van der Waals surface area (Å²) in [6.45, 7) is 2.43. The Bertz CT molecular complexity index is 890. The van der Waals surface area contributed by atoms with E-state index >= 15 is 0 Å². The lowest BCUT2D eigenvalue weighted by Crippen LogP contribution is -2.38. The highest BCUT2D eigenvalue weighted by molar-refractivity contribution is 6.01. The Morgan fingerprint density at radius 2 is 1.86 bits per heavy atom. The molecule has 2 aromatic rings. The molecule has 1 aliphatic carbocycles. The Labute approximate surface area is 170 Å². The molecule has 0 aromatic heterocycles. The third kappa shape index (κ3) is 4.26. The van der Waals surface area contributed by atoms with Crippen LogP contribution in [0.2, 0.25) is 0 Å². The molecule has 29 heavy (non-hydrogen) atoms. The molecule has 2 aromatic carbocycles. The van der Waals surface area contributed by atoms with Gasteiger partial charge < -0.3 is 14.8 Å². The quantitative estimate of drug-likeness (QED) is 0.676. The zero-order valence-electron chi connectivity index (χ0n) is 16.8. The SMILES string of the molecule is CCCOc1ccc(NC(=O)C2(c3ccccc3F)CCCC2)cc1C(=O)OC. The second kappa shape index (κ2) is 9.07. The third-order valence-electron chi connectivity index (χ3n) is 5.39. The fraction of sp³-hybridized carbons (Fsp3) is 0.391. The highest BCUT2D eigenvalue weighted by Gasteiger charge is 2.44. The van der Waals surface area contributed by atoms with Gasteiger partial charge >= 0.3 is 5.97 Å². The van der Waals surface area contributed by atoms with Crippen LogP contribution >= 0.6 is 0 Å². The molecule has 1 amide bonds. The minimum absolute atomic E-state index is 0.241. The van der Waals surface area contributed by atoms with Crippen LogP contribution in [0.25, 0.3) is 0 Å². The van der Waals surface area contributed by atoms with Crippen molar-refractivity contribution in [3.8, 4) is 5.75 Å². The molecule has 0 spiro atoms. The van der Waals surface area contributed by atoms with Gasteiger partial charge in [-0.2, -0.15) is 0 Å². The van der Waals surface area contributed by atoms with Crippen LogP contribution in [0.4, 0.5) is 10.1 Å². The average molecular weight is 399 g/mol. The first-order valence-electron chi connectivity index (χ1n) is 9.93. The largest absolute Gasteiger partial charge is 0.493 e. The number of carbonyl (C=O) groups is 2. The van der Waals surface area contributed by atoms with Crippen LogP contribution < -0.4 is 10.1 Å². The average Bonchev–Trinajstić information content (AvgIpc) is 3.23. The highest BCUT2D eigenvalue weighted by atomic mass is 19.1. The number of carbonyl (C=O) groups excluding carboxylic acids is 2. The smallest absolute Gasteiger partial charge is 0.341 e. The lowest BCUT2D eigenvalue weighted by Gasteiger charge is -2.28. The van der Waals surface area contributed by atoms with Gasteiger partial charge in [-0.25, -0.2) is 9.18 Å². The van der Waals surface area contributed by atoms with Crippen molar-refractivity contribution in [3.05, 3.63) is 59.4 Å². The lowest BCUT2D eigenvalue weighted by atomic mass is 9.77. The number of esters is 1. The van der Waals surface area contributed by atoms with E-state index in [2.05, 4.69) is 5.32 Å². The zero-order valence-corrected chi connectivity index (χ0v) is 16.8. The summed E-state index contributed by atoms with van der Waals surface area (Å²) in [6.07, 6.45) is 3.69. The summed E-state index contributed by atoms with van der Waals surface area (Å²) in [5.74, 6) is -0.778. The summed E-state index contributed by atoms with van der Waals surface area (Å²) in [7, 11) is 1.29. The molecule has 0 heterocycles. The summed E-state index contributed by atoms with van der Waals surface area (Å²) < 4.78 is 25.0. The van der Waals surface area contributed by atoms with E-state index in [1.54, 1.807) is 36.4 Å². The molecule has 6 heteroatoms. The van der Waals surface area contributed by atoms with Crippen LogP contribution in [0.1, 0.15) is 54.9 Å². The van der Waals surface area contributed by atoms with Gasteiger partial charge in [0.1, 0.15) is 17.1 Å². The van der Waals surface area contributed by atoms with Crippen molar-refractivity contribution in [1.82, 2.24) is 0 Å². The number of nitrogens with one attached hydrogen (secondary N) is 1. The molecule has 0 bridgehead atoms. The minimum Gasteiger partial charge on any atom is -0.493 e. The molecule has 0 saturated heterocycles. The lowest BCUT2D eigenvalue weighted by molar-refractivity contribution is -0.121. The van der Waals surface area contributed by atoms with Crippen LogP contribution in [-0.4, -0.2) is 25.6 Å². The van der Waals surface area contributed by atoms with Crippen molar-refractivity contribution < 1.29 is 23.5 Å². The molecule has 0 unspecified atom stereocenters. The van der Waals surface area contributed by atoms with Gasteiger partial charge in [0.15, 0.2) is 0 Å². The van der Waals surface area contributed by atoms with Crippen LogP contribution in [0.3, 0.4) is 0 Å². The predicted molar refractivity (Wildman–Crippen MR) is 109 cm³/mol. The van der Waals surface area contributed by atoms with Crippen LogP contribution in [0.5, 0.6) is 5.75 Å². The van der Waals surface area contributed by atoms with Crippen LogP contribution in [0, 0.1) is 5.82 Å². The Balaban J connectivity index is 1.91. The molecule has 0 radical (unpaired) electrons. The molecule has 1 fully saturated rings. The first kappa shape index (κ1) is 20.8. The molecule has 1 saturated carbocycles. The number of ether oxygens (including phenoxy) is 2. The molecule has 0 atom stereocenters. The standard InChI is InChI=1S/C23H26FNO4/c1-3-14-29-20-11-10-16(15-17(20)21(26)28-2)25-22(27)23(12-6-7-13-23)18-8-4-5-9-19(18)24/h4-5,8-11,15H,3,6-7,12-14H2,1-2H3,(H,25,27). The van der Waals surface area contributed by atoms with Crippen molar-refractivity contribution in [2.75, 3.05) is 19.0 Å². The van der Waals surface area contributed by atoms with Crippen molar-refractivity contribution >= 4 is 17.6 Å². The maximum atomic E-state index is 14.5. The molecule has 3 rings (SSSR count). The van der Waals surface area contributed by atoms with E-state index in [0.29, 0.717) is 36.4 Å². The second-order valence-corrected chi connectivity index (χ2v) is 7.27. The molecule has 1 N–H and O–H groups in total. The Hall–Kier alpha value is -2.89.